The lowest BCUT2D eigenvalue weighted by atomic mass is 10.1. The van der Waals surface area contributed by atoms with E-state index < -0.39 is 0 Å². The fourth-order valence-corrected chi connectivity index (χ4v) is 2.53. The van der Waals surface area contributed by atoms with E-state index in [-0.39, 0.29) is 6.10 Å². The first-order valence-corrected chi connectivity index (χ1v) is 8.17. The molecule has 1 aliphatic heterocycles. The Hall–Kier alpha value is -2.39. The minimum absolute atomic E-state index is 0.239. The number of benzene rings is 1. The normalized spacial score (nSPS) is 17.7. The van der Waals surface area contributed by atoms with Crippen LogP contribution in [-0.4, -0.2) is 50.3 Å². The Morgan fingerprint density at radius 3 is 3.17 bits per heavy atom. The summed E-state index contributed by atoms with van der Waals surface area (Å²) in [7, 11) is 0. The van der Waals surface area contributed by atoms with Crippen LogP contribution in [0.2, 0.25) is 0 Å². The third-order valence-electron chi connectivity index (χ3n) is 3.72. The molecule has 1 atom stereocenters. The lowest BCUT2D eigenvalue weighted by Gasteiger charge is -2.12. The Bertz CT molecular complexity index is 710. The zero-order chi connectivity index (χ0) is 16.8. The van der Waals surface area contributed by atoms with Crippen molar-refractivity contribution in [1.82, 2.24) is 30.9 Å². The molecule has 2 aromatic rings. The third-order valence-corrected chi connectivity index (χ3v) is 3.95. The quantitative estimate of drug-likeness (QED) is 0.475. The number of thiocarbonyl (C=S) groups is 1. The lowest BCUT2D eigenvalue weighted by Crippen LogP contribution is -2.37. The number of aromatic nitrogens is 4. The molecule has 0 amide bonds. The molecule has 24 heavy (non-hydrogen) atoms. The van der Waals surface area contributed by atoms with Crippen molar-refractivity contribution in [3.63, 3.8) is 0 Å². The number of tetrazole rings is 1. The van der Waals surface area contributed by atoms with Crippen molar-refractivity contribution in [3.05, 3.63) is 36.2 Å². The highest BCUT2D eigenvalue weighted by molar-refractivity contribution is 7.80. The predicted octanol–water partition coefficient (Wildman–Crippen LogP) is 1.03. The van der Waals surface area contributed by atoms with E-state index in [0.717, 1.165) is 36.4 Å². The molecule has 126 valence electrons. The molecule has 1 aromatic heterocycles. The Morgan fingerprint density at radius 1 is 1.50 bits per heavy atom. The predicted molar refractivity (Wildman–Crippen MR) is 94.1 cm³/mol. The zero-order valence-corrected chi connectivity index (χ0v) is 14.2. The van der Waals surface area contributed by atoms with Gasteiger partial charge in [0.15, 0.2) is 5.11 Å². The first kappa shape index (κ1) is 16.5. The van der Waals surface area contributed by atoms with Gasteiger partial charge in [0.05, 0.1) is 17.5 Å². The molecule has 0 saturated carbocycles. The maximum atomic E-state index is 5.54. The van der Waals surface area contributed by atoms with Gasteiger partial charge in [-0.1, -0.05) is 12.1 Å². The van der Waals surface area contributed by atoms with Gasteiger partial charge >= 0.3 is 0 Å². The second-order valence-electron chi connectivity index (χ2n) is 5.46. The minimum Gasteiger partial charge on any atom is -0.376 e. The van der Waals surface area contributed by atoms with Gasteiger partial charge in [-0.2, -0.15) is 5.10 Å². The summed E-state index contributed by atoms with van der Waals surface area (Å²) >= 11 is 5.23. The smallest absolute Gasteiger partial charge is 0.187 e. The van der Waals surface area contributed by atoms with Gasteiger partial charge in [-0.05, 0) is 60.1 Å². The first-order chi connectivity index (χ1) is 11.7. The van der Waals surface area contributed by atoms with E-state index >= 15 is 0 Å². The molecule has 2 heterocycles. The SMILES string of the molecule is C/C(=N/NC(=S)NC[C@@H]1CCCO1)c1cccc(-n2cnnn2)c1. The highest BCUT2D eigenvalue weighted by Gasteiger charge is 2.15. The average molecular weight is 345 g/mol. The summed E-state index contributed by atoms with van der Waals surface area (Å²) in [6, 6.07) is 7.78. The Labute approximate surface area is 145 Å². The van der Waals surface area contributed by atoms with Gasteiger partial charge in [-0.15, -0.1) is 5.10 Å². The molecule has 2 N–H and O–H groups in total. The van der Waals surface area contributed by atoms with Crippen LogP contribution in [0.1, 0.15) is 25.3 Å². The summed E-state index contributed by atoms with van der Waals surface area (Å²) in [5.74, 6) is 0. The van der Waals surface area contributed by atoms with Crippen molar-refractivity contribution in [2.45, 2.75) is 25.9 Å². The fraction of sp³-hybridized carbons (Fsp3) is 0.400. The van der Waals surface area contributed by atoms with E-state index in [9.17, 15) is 0 Å². The summed E-state index contributed by atoms with van der Waals surface area (Å²) in [6.45, 7) is 3.45. The maximum absolute atomic E-state index is 5.54. The molecular weight excluding hydrogens is 326 g/mol. The van der Waals surface area contributed by atoms with Crippen LogP contribution in [0.4, 0.5) is 0 Å². The van der Waals surface area contributed by atoms with Gasteiger partial charge in [0.1, 0.15) is 6.33 Å². The molecule has 0 unspecified atom stereocenters. The van der Waals surface area contributed by atoms with Gasteiger partial charge in [-0.25, -0.2) is 4.68 Å². The van der Waals surface area contributed by atoms with E-state index in [1.165, 1.54) is 0 Å². The van der Waals surface area contributed by atoms with Crippen LogP contribution in [0.5, 0.6) is 0 Å². The van der Waals surface area contributed by atoms with Crippen molar-refractivity contribution >= 4 is 23.0 Å². The molecule has 1 saturated heterocycles. The Morgan fingerprint density at radius 2 is 2.42 bits per heavy atom. The molecule has 9 heteroatoms. The maximum Gasteiger partial charge on any atom is 0.187 e. The van der Waals surface area contributed by atoms with Crippen molar-refractivity contribution in [2.75, 3.05) is 13.2 Å². The number of hydrogen-bond donors (Lipinski definition) is 2. The van der Waals surface area contributed by atoms with Gasteiger partial charge < -0.3 is 10.1 Å². The number of ether oxygens (including phenoxy) is 1. The van der Waals surface area contributed by atoms with Crippen LogP contribution in [0.15, 0.2) is 35.7 Å². The number of hydrazone groups is 1. The molecule has 0 spiro atoms. The summed E-state index contributed by atoms with van der Waals surface area (Å²) in [4.78, 5) is 0. The van der Waals surface area contributed by atoms with Crippen LogP contribution in [-0.2, 0) is 4.74 Å². The van der Waals surface area contributed by atoms with Gasteiger partial charge in [-0.3, -0.25) is 5.43 Å². The van der Waals surface area contributed by atoms with Crippen LogP contribution in [0, 0.1) is 0 Å². The van der Waals surface area contributed by atoms with E-state index in [0.29, 0.717) is 11.7 Å². The number of hydrogen-bond acceptors (Lipinski definition) is 6. The molecule has 1 fully saturated rings. The summed E-state index contributed by atoms with van der Waals surface area (Å²) in [6.07, 6.45) is 3.97. The second-order valence-corrected chi connectivity index (χ2v) is 5.87. The van der Waals surface area contributed by atoms with E-state index in [1.807, 2.05) is 31.2 Å². The van der Waals surface area contributed by atoms with Crippen LogP contribution >= 0.6 is 12.2 Å². The van der Waals surface area contributed by atoms with Crippen molar-refractivity contribution in [1.29, 1.82) is 0 Å². The largest absolute Gasteiger partial charge is 0.376 e. The summed E-state index contributed by atoms with van der Waals surface area (Å²) in [5.41, 5.74) is 5.50. The van der Waals surface area contributed by atoms with Crippen molar-refractivity contribution < 1.29 is 4.74 Å². The fourth-order valence-electron chi connectivity index (χ4n) is 2.40. The highest BCUT2D eigenvalue weighted by Crippen LogP contribution is 2.11. The number of nitrogens with zero attached hydrogens (tertiary/aromatic N) is 5. The molecule has 3 rings (SSSR count). The van der Waals surface area contributed by atoms with E-state index in [2.05, 4.69) is 31.4 Å². The molecular formula is C15H19N7OS. The van der Waals surface area contributed by atoms with E-state index in [1.54, 1.807) is 11.0 Å². The standard InChI is InChI=1S/C15H19N7OS/c1-11(18-19-15(24)16-9-14-6-3-7-23-14)12-4-2-5-13(8-12)22-10-17-20-21-22/h2,4-5,8,10,14H,3,6-7,9H2,1H3,(H2,16,19,24)/b18-11-/t14-/m0/s1. The first-order valence-electron chi connectivity index (χ1n) is 7.76. The summed E-state index contributed by atoms with van der Waals surface area (Å²) < 4.78 is 7.14. The van der Waals surface area contributed by atoms with Gasteiger partial charge in [0.2, 0.25) is 0 Å². The third kappa shape index (κ3) is 4.33. The second kappa shape index (κ2) is 7.93. The molecule has 0 radical (unpaired) electrons. The number of rotatable bonds is 5. The minimum atomic E-state index is 0.239. The van der Waals surface area contributed by atoms with Crippen LogP contribution < -0.4 is 10.7 Å². The lowest BCUT2D eigenvalue weighted by molar-refractivity contribution is 0.114. The average Bonchev–Trinajstić information content (AvgIpc) is 3.31. The Kier molecular flexibility index (Phi) is 5.44. The topological polar surface area (TPSA) is 89.3 Å². The summed E-state index contributed by atoms with van der Waals surface area (Å²) in [5, 5.41) is 19.1. The van der Waals surface area contributed by atoms with Crippen molar-refractivity contribution in [2.24, 2.45) is 5.10 Å². The highest BCUT2D eigenvalue weighted by atomic mass is 32.1. The monoisotopic (exact) mass is 345 g/mol. The van der Waals surface area contributed by atoms with Gasteiger partial charge in [0.25, 0.3) is 0 Å². The molecule has 1 aliphatic rings. The molecule has 1 aromatic carbocycles. The molecule has 0 bridgehead atoms. The Balaban J connectivity index is 1.57. The van der Waals surface area contributed by atoms with E-state index in [4.69, 9.17) is 17.0 Å². The van der Waals surface area contributed by atoms with Crippen LogP contribution in [0.3, 0.4) is 0 Å². The van der Waals surface area contributed by atoms with Crippen molar-refractivity contribution in [3.8, 4) is 5.69 Å². The van der Waals surface area contributed by atoms with Gasteiger partial charge in [0, 0.05) is 13.2 Å². The number of nitrogens with one attached hydrogen (secondary N) is 2. The molecule has 8 nitrogen and oxygen atoms in total. The zero-order valence-electron chi connectivity index (χ0n) is 13.3. The van der Waals surface area contributed by atoms with Crippen LogP contribution in [0.25, 0.3) is 5.69 Å². The molecule has 0 aliphatic carbocycles.